The summed E-state index contributed by atoms with van der Waals surface area (Å²) < 4.78 is 62.4. The third-order valence-corrected chi connectivity index (χ3v) is 2.59. The van der Waals surface area contributed by atoms with Crippen molar-refractivity contribution in [1.82, 2.24) is 0 Å². The molecule has 7 nitrogen and oxygen atoms in total. The Morgan fingerprint density at radius 2 is 2.00 bits per heavy atom. The molecule has 0 saturated heterocycles. The SMILES string of the molecule is C=CC(=O)OC(C)CC(=O)OCC(F)(F)S(=O)(=O)O. The molecule has 110 valence electrons. The van der Waals surface area contributed by atoms with Crippen molar-refractivity contribution in [3.63, 3.8) is 0 Å². The molecule has 0 fully saturated rings. The lowest BCUT2D eigenvalue weighted by Gasteiger charge is -2.14. The van der Waals surface area contributed by atoms with Gasteiger partial charge in [-0.25, -0.2) is 4.79 Å². The molecule has 0 aliphatic rings. The normalized spacial score (nSPS) is 13.5. The van der Waals surface area contributed by atoms with Crippen molar-refractivity contribution in [2.45, 2.75) is 24.7 Å². The minimum absolute atomic E-state index is 0.554. The van der Waals surface area contributed by atoms with Crippen molar-refractivity contribution >= 4 is 22.1 Å². The van der Waals surface area contributed by atoms with E-state index in [1.165, 1.54) is 6.92 Å². The fraction of sp³-hybridized carbons (Fsp3) is 0.556. The molecule has 1 unspecified atom stereocenters. The molecule has 1 atom stereocenters. The van der Waals surface area contributed by atoms with Gasteiger partial charge in [-0.05, 0) is 6.92 Å². The van der Waals surface area contributed by atoms with Crippen LogP contribution in [0, 0.1) is 0 Å². The highest BCUT2D eigenvalue weighted by molar-refractivity contribution is 7.86. The van der Waals surface area contributed by atoms with E-state index in [9.17, 15) is 26.8 Å². The molecule has 0 spiro atoms. The topological polar surface area (TPSA) is 107 Å². The zero-order valence-corrected chi connectivity index (χ0v) is 10.7. The molecule has 0 aliphatic heterocycles. The molecular weight excluding hydrogens is 290 g/mol. The average molecular weight is 302 g/mol. The number of rotatable bonds is 7. The average Bonchev–Trinajstić information content (AvgIpc) is 2.24. The summed E-state index contributed by atoms with van der Waals surface area (Å²) in [4.78, 5) is 21.8. The van der Waals surface area contributed by atoms with Gasteiger partial charge in [-0.3, -0.25) is 9.35 Å². The van der Waals surface area contributed by atoms with E-state index in [4.69, 9.17) is 4.55 Å². The van der Waals surface area contributed by atoms with Gasteiger partial charge in [0.25, 0.3) is 0 Å². The molecule has 0 aromatic carbocycles. The summed E-state index contributed by atoms with van der Waals surface area (Å²) >= 11 is 0. The van der Waals surface area contributed by atoms with Crippen molar-refractivity contribution in [2.24, 2.45) is 0 Å². The Hall–Kier alpha value is -1.55. The molecular formula is C9H12F2O7S. The monoisotopic (exact) mass is 302 g/mol. The molecule has 0 bridgehead atoms. The lowest BCUT2D eigenvalue weighted by atomic mass is 10.3. The summed E-state index contributed by atoms with van der Waals surface area (Å²) in [5.74, 6) is -2.03. The van der Waals surface area contributed by atoms with Crippen LogP contribution in [0.5, 0.6) is 0 Å². The summed E-state index contributed by atoms with van der Waals surface area (Å²) in [6, 6.07) is 0. The molecule has 10 heteroatoms. The number of alkyl halides is 2. The van der Waals surface area contributed by atoms with Crippen molar-refractivity contribution in [1.29, 1.82) is 0 Å². The van der Waals surface area contributed by atoms with Crippen LogP contribution in [-0.2, 0) is 29.2 Å². The highest BCUT2D eigenvalue weighted by Gasteiger charge is 2.45. The molecule has 0 radical (unpaired) electrons. The number of hydrogen-bond acceptors (Lipinski definition) is 6. The van der Waals surface area contributed by atoms with Gasteiger partial charge in [-0.1, -0.05) is 6.58 Å². The summed E-state index contributed by atoms with van der Waals surface area (Å²) in [5.41, 5.74) is 0. The molecule has 0 amide bonds. The standard InChI is InChI=1S/C9H12F2O7S/c1-3-7(12)18-6(2)4-8(13)17-5-9(10,11)19(14,15)16/h3,6H,1,4-5H2,2H3,(H,14,15,16). The highest BCUT2D eigenvalue weighted by atomic mass is 32.2. The number of ether oxygens (including phenoxy) is 2. The summed E-state index contributed by atoms with van der Waals surface area (Å²) in [6.07, 6.45) is -0.674. The number of carbonyl (C=O) groups is 2. The van der Waals surface area contributed by atoms with Crippen LogP contribution in [0.2, 0.25) is 0 Å². The van der Waals surface area contributed by atoms with E-state index in [0.717, 1.165) is 6.08 Å². The van der Waals surface area contributed by atoms with E-state index in [1.54, 1.807) is 0 Å². The lowest BCUT2D eigenvalue weighted by molar-refractivity contribution is -0.155. The van der Waals surface area contributed by atoms with Gasteiger partial charge in [0.1, 0.15) is 6.10 Å². The van der Waals surface area contributed by atoms with Crippen molar-refractivity contribution in [2.75, 3.05) is 6.61 Å². The van der Waals surface area contributed by atoms with Crippen molar-refractivity contribution in [3.8, 4) is 0 Å². The Morgan fingerprint density at radius 1 is 1.47 bits per heavy atom. The second-order valence-corrected chi connectivity index (χ2v) is 4.98. The minimum atomic E-state index is -5.66. The van der Waals surface area contributed by atoms with Gasteiger partial charge >= 0.3 is 27.3 Å². The Labute approximate surface area is 107 Å². The third-order valence-electron chi connectivity index (χ3n) is 1.72. The van der Waals surface area contributed by atoms with E-state index in [-0.39, 0.29) is 0 Å². The maximum atomic E-state index is 12.7. The molecule has 0 rings (SSSR count). The fourth-order valence-corrected chi connectivity index (χ4v) is 1.03. The largest absolute Gasteiger partial charge is 0.459 e. The molecule has 19 heavy (non-hydrogen) atoms. The third kappa shape index (κ3) is 6.25. The van der Waals surface area contributed by atoms with Gasteiger partial charge < -0.3 is 9.47 Å². The van der Waals surface area contributed by atoms with Gasteiger partial charge in [0.2, 0.25) is 0 Å². The predicted octanol–water partition coefficient (Wildman–Crippen LogP) is 0.518. The first kappa shape index (κ1) is 17.4. The van der Waals surface area contributed by atoms with Crippen LogP contribution in [0.3, 0.4) is 0 Å². The summed E-state index contributed by atoms with van der Waals surface area (Å²) in [7, 11) is -5.66. The van der Waals surface area contributed by atoms with Gasteiger partial charge in [-0.2, -0.15) is 17.2 Å². The minimum Gasteiger partial charge on any atom is -0.459 e. The molecule has 0 heterocycles. The Kier molecular flexibility index (Phi) is 6.03. The van der Waals surface area contributed by atoms with E-state index < -0.39 is 46.4 Å². The van der Waals surface area contributed by atoms with E-state index in [0.29, 0.717) is 0 Å². The first-order valence-corrected chi connectivity index (χ1v) is 6.27. The summed E-state index contributed by atoms with van der Waals surface area (Å²) in [6.45, 7) is 2.57. The predicted molar refractivity (Wildman–Crippen MR) is 57.8 cm³/mol. The Bertz CT molecular complexity index is 457. The van der Waals surface area contributed by atoms with Crippen LogP contribution < -0.4 is 0 Å². The number of carbonyl (C=O) groups excluding carboxylic acids is 2. The number of esters is 2. The quantitative estimate of drug-likeness (QED) is 0.415. The second-order valence-electron chi connectivity index (χ2n) is 3.43. The first-order valence-electron chi connectivity index (χ1n) is 4.83. The molecule has 0 aromatic rings. The van der Waals surface area contributed by atoms with Crippen LogP contribution >= 0.6 is 0 Å². The van der Waals surface area contributed by atoms with E-state index in [2.05, 4.69) is 16.1 Å². The van der Waals surface area contributed by atoms with Crippen LogP contribution in [0.4, 0.5) is 8.78 Å². The van der Waals surface area contributed by atoms with Gasteiger partial charge in [0.05, 0.1) is 6.42 Å². The number of hydrogen-bond donors (Lipinski definition) is 1. The van der Waals surface area contributed by atoms with E-state index in [1.807, 2.05) is 0 Å². The highest BCUT2D eigenvalue weighted by Crippen LogP contribution is 2.20. The molecule has 0 saturated carbocycles. The lowest BCUT2D eigenvalue weighted by Crippen LogP contribution is -2.35. The second kappa shape index (κ2) is 6.57. The first-order chi connectivity index (χ1) is 8.49. The molecule has 1 N–H and O–H groups in total. The summed E-state index contributed by atoms with van der Waals surface area (Å²) in [5, 5.41) is -4.59. The van der Waals surface area contributed by atoms with Gasteiger partial charge in [0.15, 0.2) is 6.61 Å². The van der Waals surface area contributed by atoms with Crippen LogP contribution in [0.25, 0.3) is 0 Å². The van der Waals surface area contributed by atoms with Crippen LogP contribution in [-0.4, -0.2) is 42.9 Å². The maximum absolute atomic E-state index is 12.7. The van der Waals surface area contributed by atoms with Crippen LogP contribution in [0.15, 0.2) is 12.7 Å². The zero-order valence-electron chi connectivity index (χ0n) is 9.84. The molecule has 0 aromatic heterocycles. The molecule has 0 aliphatic carbocycles. The Morgan fingerprint density at radius 3 is 2.42 bits per heavy atom. The van der Waals surface area contributed by atoms with E-state index >= 15 is 0 Å². The van der Waals surface area contributed by atoms with Crippen LogP contribution in [0.1, 0.15) is 13.3 Å². The smallest absolute Gasteiger partial charge is 0.402 e. The van der Waals surface area contributed by atoms with Crippen molar-refractivity contribution in [3.05, 3.63) is 12.7 Å². The van der Waals surface area contributed by atoms with Gasteiger partial charge in [-0.15, -0.1) is 0 Å². The fourth-order valence-electron chi connectivity index (χ4n) is 0.821. The zero-order chi connectivity index (χ0) is 15.3. The Balaban J connectivity index is 4.27. The number of halogens is 2. The van der Waals surface area contributed by atoms with Crippen molar-refractivity contribution < 1.29 is 40.8 Å². The van der Waals surface area contributed by atoms with Gasteiger partial charge in [0, 0.05) is 6.08 Å². The maximum Gasteiger partial charge on any atom is 0.402 e.